The van der Waals surface area contributed by atoms with Crippen LogP contribution in [0.15, 0.2) is 11.8 Å². The summed E-state index contributed by atoms with van der Waals surface area (Å²) in [5.41, 5.74) is 5.67. The highest BCUT2D eigenvalue weighted by Crippen LogP contribution is 2.34. The molecule has 1 fully saturated rings. The maximum absolute atomic E-state index is 11.3. The van der Waals surface area contributed by atoms with Gasteiger partial charge in [-0.3, -0.25) is 9.69 Å². The standard InChI is InChI=1S/C9H12N2O3/c1-4-2-5-7(10)8(12)11(5)6(3-4)9(13)14/h3-5,7H,2,10H2,1H3,(H,13,14)/t4-,5?,7-/m1/s1. The van der Waals surface area contributed by atoms with Gasteiger partial charge in [-0.25, -0.2) is 4.79 Å². The molecule has 3 N–H and O–H groups in total. The number of hydrogen-bond acceptors (Lipinski definition) is 3. The molecule has 0 aliphatic carbocycles. The van der Waals surface area contributed by atoms with Crippen molar-refractivity contribution in [3.63, 3.8) is 0 Å². The van der Waals surface area contributed by atoms with Crippen molar-refractivity contribution in [1.29, 1.82) is 0 Å². The Bertz CT molecular complexity index is 337. The third kappa shape index (κ3) is 1.05. The van der Waals surface area contributed by atoms with Crippen molar-refractivity contribution in [2.45, 2.75) is 25.4 Å². The SMILES string of the molecule is C[C@H]1C=C(C(=O)O)N2C(=O)[C@H](N)C2C1. The Labute approximate surface area is 81.2 Å². The predicted molar refractivity (Wildman–Crippen MR) is 48.1 cm³/mol. The van der Waals surface area contributed by atoms with E-state index in [1.165, 1.54) is 4.90 Å². The van der Waals surface area contributed by atoms with E-state index < -0.39 is 12.0 Å². The molecule has 2 heterocycles. The molecule has 3 atom stereocenters. The number of nitrogens with two attached hydrogens (primary N) is 1. The zero-order valence-electron chi connectivity index (χ0n) is 7.80. The molecule has 2 aliphatic heterocycles. The van der Waals surface area contributed by atoms with Gasteiger partial charge >= 0.3 is 5.97 Å². The van der Waals surface area contributed by atoms with Gasteiger partial charge in [0.05, 0.1) is 6.04 Å². The van der Waals surface area contributed by atoms with Crippen LogP contribution >= 0.6 is 0 Å². The molecule has 5 heteroatoms. The number of carbonyl (C=O) groups is 2. The van der Waals surface area contributed by atoms with Gasteiger partial charge in [0.25, 0.3) is 0 Å². The third-order valence-electron chi connectivity index (χ3n) is 2.80. The highest BCUT2D eigenvalue weighted by atomic mass is 16.4. The van der Waals surface area contributed by atoms with Gasteiger partial charge < -0.3 is 10.8 Å². The zero-order chi connectivity index (χ0) is 10.5. The van der Waals surface area contributed by atoms with Crippen molar-refractivity contribution in [3.05, 3.63) is 11.8 Å². The molecule has 2 rings (SSSR count). The summed E-state index contributed by atoms with van der Waals surface area (Å²) >= 11 is 0. The molecule has 1 saturated heterocycles. The normalized spacial score (nSPS) is 35.9. The second-order valence-corrected chi connectivity index (χ2v) is 3.87. The molecule has 14 heavy (non-hydrogen) atoms. The minimum Gasteiger partial charge on any atom is -0.477 e. The largest absolute Gasteiger partial charge is 0.477 e. The molecule has 76 valence electrons. The minimum atomic E-state index is -1.05. The van der Waals surface area contributed by atoms with Crippen LogP contribution in [0.5, 0.6) is 0 Å². The number of amides is 1. The number of β-lactam (4-membered cyclic amide) rings is 1. The molecule has 5 nitrogen and oxygen atoms in total. The summed E-state index contributed by atoms with van der Waals surface area (Å²) in [7, 11) is 0. The van der Waals surface area contributed by atoms with Gasteiger partial charge in [0.1, 0.15) is 11.7 Å². The second-order valence-electron chi connectivity index (χ2n) is 3.87. The van der Waals surface area contributed by atoms with Crippen molar-refractivity contribution >= 4 is 11.9 Å². The summed E-state index contributed by atoms with van der Waals surface area (Å²) < 4.78 is 0. The molecule has 0 aromatic carbocycles. The highest BCUT2D eigenvalue weighted by Gasteiger charge is 2.50. The first-order chi connectivity index (χ1) is 6.52. The molecular formula is C9H12N2O3. The first kappa shape index (κ1) is 9.21. The second kappa shape index (κ2) is 2.81. The Kier molecular flexibility index (Phi) is 1.85. The van der Waals surface area contributed by atoms with Crippen LogP contribution in [0.2, 0.25) is 0 Å². The number of aliphatic carboxylic acids is 1. The lowest BCUT2D eigenvalue weighted by molar-refractivity contribution is -0.153. The van der Waals surface area contributed by atoms with Gasteiger partial charge in [0.15, 0.2) is 0 Å². The monoisotopic (exact) mass is 196 g/mol. The molecule has 0 bridgehead atoms. The first-order valence-corrected chi connectivity index (χ1v) is 4.56. The fourth-order valence-electron chi connectivity index (χ4n) is 2.09. The summed E-state index contributed by atoms with van der Waals surface area (Å²) in [5, 5.41) is 8.88. The van der Waals surface area contributed by atoms with E-state index in [2.05, 4.69) is 0 Å². The molecule has 0 spiro atoms. The molecule has 1 amide bonds. The van der Waals surface area contributed by atoms with Crippen LogP contribution in [0.3, 0.4) is 0 Å². The topological polar surface area (TPSA) is 83.6 Å². The first-order valence-electron chi connectivity index (χ1n) is 4.56. The van der Waals surface area contributed by atoms with Gasteiger partial charge in [-0.05, 0) is 12.3 Å². The van der Waals surface area contributed by atoms with Crippen LogP contribution in [-0.4, -0.2) is 34.0 Å². The van der Waals surface area contributed by atoms with Gasteiger partial charge in [0, 0.05) is 0 Å². The number of carbonyl (C=O) groups excluding carboxylic acids is 1. The molecule has 0 saturated carbocycles. The quantitative estimate of drug-likeness (QED) is 0.555. The lowest BCUT2D eigenvalue weighted by atomic mass is 9.83. The van der Waals surface area contributed by atoms with Crippen molar-refractivity contribution in [3.8, 4) is 0 Å². The number of carboxylic acid groups (broad SMARTS) is 1. The fraction of sp³-hybridized carbons (Fsp3) is 0.556. The third-order valence-corrected chi connectivity index (χ3v) is 2.80. The van der Waals surface area contributed by atoms with E-state index in [0.29, 0.717) is 0 Å². The summed E-state index contributed by atoms with van der Waals surface area (Å²) in [5.74, 6) is -1.17. The summed E-state index contributed by atoms with van der Waals surface area (Å²) in [6, 6.07) is -0.630. The molecule has 2 aliphatic rings. The Morgan fingerprint density at radius 1 is 1.71 bits per heavy atom. The van der Waals surface area contributed by atoms with E-state index in [1.807, 2.05) is 6.92 Å². The predicted octanol–water partition coefficient (Wildman–Crippen LogP) is -0.467. The molecule has 0 aromatic heterocycles. The maximum Gasteiger partial charge on any atom is 0.352 e. The van der Waals surface area contributed by atoms with E-state index >= 15 is 0 Å². The van der Waals surface area contributed by atoms with Crippen molar-refractivity contribution in [2.24, 2.45) is 11.7 Å². The van der Waals surface area contributed by atoms with E-state index in [0.717, 1.165) is 6.42 Å². The van der Waals surface area contributed by atoms with Crippen LogP contribution in [0.25, 0.3) is 0 Å². The average molecular weight is 196 g/mol. The van der Waals surface area contributed by atoms with Crippen molar-refractivity contribution < 1.29 is 14.7 Å². The number of nitrogens with zero attached hydrogens (tertiary/aromatic N) is 1. The Morgan fingerprint density at radius 2 is 2.36 bits per heavy atom. The smallest absolute Gasteiger partial charge is 0.352 e. The maximum atomic E-state index is 11.3. The van der Waals surface area contributed by atoms with Gasteiger partial charge in [-0.2, -0.15) is 0 Å². The van der Waals surface area contributed by atoms with Gasteiger partial charge in [-0.1, -0.05) is 13.0 Å². The highest BCUT2D eigenvalue weighted by molar-refractivity contribution is 5.99. The minimum absolute atomic E-state index is 0.0838. The van der Waals surface area contributed by atoms with Crippen LogP contribution < -0.4 is 5.73 Å². The Hall–Kier alpha value is -1.36. The summed E-state index contributed by atoms with van der Waals surface area (Å²) in [6.45, 7) is 1.93. The van der Waals surface area contributed by atoms with E-state index in [9.17, 15) is 9.59 Å². The summed E-state index contributed by atoms with van der Waals surface area (Å²) in [6.07, 6.45) is 2.37. The van der Waals surface area contributed by atoms with Gasteiger partial charge in [-0.15, -0.1) is 0 Å². The fourth-order valence-corrected chi connectivity index (χ4v) is 2.09. The molecule has 0 aromatic rings. The van der Waals surface area contributed by atoms with E-state index in [-0.39, 0.29) is 23.6 Å². The number of rotatable bonds is 1. The summed E-state index contributed by atoms with van der Waals surface area (Å²) in [4.78, 5) is 23.5. The van der Waals surface area contributed by atoms with E-state index in [4.69, 9.17) is 10.8 Å². The zero-order valence-corrected chi connectivity index (χ0v) is 7.80. The number of hydrogen-bond donors (Lipinski definition) is 2. The van der Waals surface area contributed by atoms with Crippen LogP contribution in [0.4, 0.5) is 0 Å². The van der Waals surface area contributed by atoms with Crippen LogP contribution in [0, 0.1) is 5.92 Å². The number of fused-ring (bicyclic) bond motifs is 1. The Morgan fingerprint density at radius 3 is 2.93 bits per heavy atom. The van der Waals surface area contributed by atoms with E-state index in [1.54, 1.807) is 6.08 Å². The molecule has 1 unspecified atom stereocenters. The Balaban J connectivity index is 2.32. The number of carboxylic acids is 1. The lowest BCUT2D eigenvalue weighted by Crippen LogP contribution is -2.69. The molecule has 0 radical (unpaired) electrons. The van der Waals surface area contributed by atoms with Crippen molar-refractivity contribution in [2.75, 3.05) is 0 Å². The van der Waals surface area contributed by atoms with Crippen LogP contribution in [0.1, 0.15) is 13.3 Å². The van der Waals surface area contributed by atoms with Crippen LogP contribution in [-0.2, 0) is 9.59 Å². The van der Waals surface area contributed by atoms with Crippen molar-refractivity contribution in [1.82, 2.24) is 4.90 Å². The van der Waals surface area contributed by atoms with Gasteiger partial charge in [0.2, 0.25) is 5.91 Å². The number of allylic oxidation sites excluding steroid dienone is 1. The molecular weight excluding hydrogens is 184 g/mol. The lowest BCUT2D eigenvalue weighted by Gasteiger charge is -2.48. The average Bonchev–Trinajstić information content (AvgIpc) is 2.15.